The van der Waals surface area contributed by atoms with E-state index >= 15 is 0 Å². The second-order valence-electron chi connectivity index (χ2n) is 5.59. The van der Waals surface area contributed by atoms with Gasteiger partial charge in [0.05, 0.1) is 16.3 Å². The molecular weight excluding hydrogens is 341 g/mol. The summed E-state index contributed by atoms with van der Waals surface area (Å²) in [6, 6.07) is 14.6. The van der Waals surface area contributed by atoms with Gasteiger partial charge < -0.3 is 10.2 Å². The minimum absolute atomic E-state index is 0.0793. The van der Waals surface area contributed by atoms with E-state index in [0.29, 0.717) is 11.7 Å². The largest absolute Gasteiger partial charge is 0.358 e. The van der Waals surface area contributed by atoms with Crippen molar-refractivity contribution in [3.63, 3.8) is 0 Å². The van der Waals surface area contributed by atoms with E-state index in [2.05, 4.69) is 18.3 Å². The Labute approximate surface area is 150 Å². The van der Waals surface area contributed by atoms with Crippen molar-refractivity contribution in [3.8, 4) is 0 Å². The van der Waals surface area contributed by atoms with E-state index in [4.69, 9.17) is 17.2 Å². The summed E-state index contributed by atoms with van der Waals surface area (Å²) in [5.74, 6) is -0.233. The van der Waals surface area contributed by atoms with Gasteiger partial charge in [0.15, 0.2) is 5.11 Å². The number of para-hydroxylation sites is 1. The molecule has 1 heterocycles. The SMILES string of the molecule is C[C@@H](c1nc2ccccc2s1)N(C)C(=S)NCc1ccc(F)cc1. The minimum Gasteiger partial charge on any atom is -0.358 e. The number of fused-ring (bicyclic) bond motifs is 1. The van der Waals surface area contributed by atoms with Gasteiger partial charge in [-0.2, -0.15) is 0 Å². The van der Waals surface area contributed by atoms with E-state index in [1.807, 2.05) is 30.1 Å². The number of hydrogen-bond acceptors (Lipinski definition) is 3. The summed E-state index contributed by atoms with van der Waals surface area (Å²) in [6.45, 7) is 2.65. The molecule has 6 heteroatoms. The molecule has 0 radical (unpaired) electrons. The van der Waals surface area contributed by atoms with E-state index in [1.165, 1.54) is 16.8 Å². The molecule has 3 nitrogen and oxygen atoms in total. The van der Waals surface area contributed by atoms with Gasteiger partial charge in [-0.3, -0.25) is 0 Å². The maximum absolute atomic E-state index is 12.9. The van der Waals surface area contributed by atoms with Gasteiger partial charge in [-0.05, 0) is 49.0 Å². The van der Waals surface area contributed by atoms with Crippen molar-refractivity contribution in [1.29, 1.82) is 0 Å². The molecule has 1 atom stereocenters. The van der Waals surface area contributed by atoms with Crippen molar-refractivity contribution in [2.24, 2.45) is 0 Å². The van der Waals surface area contributed by atoms with Gasteiger partial charge in [0.25, 0.3) is 0 Å². The number of rotatable bonds is 4. The van der Waals surface area contributed by atoms with Crippen LogP contribution in [0.4, 0.5) is 4.39 Å². The zero-order chi connectivity index (χ0) is 17.1. The van der Waals surface area contributed by atoms with Crippen LogP contribution in [0, 0.1) is 5.82 Å². The van der Waals surface area contributed by atoms with Crippen LogP contribution in [0.15, 0.2) is 48.5 Å². The third kappa shape index (κ3) is 3.71. The third-order valence-corrected chi connectivity index (χ3v) is 5.57. The predicted octanol–water partition coefficient (Wildman–Crippen LogP) is 4.50. The van der Waals surface area contributed by atoms with Crippen LogP contribution in [-0.2, 0) is 6.54 Å². The number of benzene rings is 2. The lowest BCUT2D eigenvalue weighted by Crippen LogP contribution is -2.38. The summed E-state index contributed by atoms with van der Waals surface area (Å²) in [5, 5.41) is 4.89. The molecular formula is C18H18FN3S2. The van der Waals surface area contributed by atoms with Crippen molar-refractivity contribution in [2.45, 2.75) is 19.5 Å². The highest BCUT2D eigenvalue weighted by atomic mass is 32.1. The Balaban J connectivity index is 1.64. The van der Waals surface area contributed by atoms with Crippen LogP contribution in [0.5, 0.6) is 0 Å². The van der Waals surface area contributed by atoms with Gasteiger partial charge in [0.1, 0.15) is 10.8 Å². The van der Waals surface area contributed by atoms with Crippen LogP contribution in [0.25, 0.3) is 10.2 Å². The van der Waals surface area contributed by atoms with Crippen molar-refractivity contribution in [3.05, 3.63) is 64.9 Å². The smallest absolute Gasteiger partial charge is 0.169 e. The Morgan fingerprint density at radius 3 is 2.67 bits per heavy atom. The fourth-order valence-corrected chi connectivity index (χ4v) is 3.61. The third-order valence-electron chi connectivity index (χ3n) is 3.93. The summed E-state index contributed by atoms with van der Waals surface area (Å²) in [6.07, 6.45) is 0. The highest BCUT2D eigenvalue weighted by molar-refractivity contribution is 7.80. The van der Waals surface area contributed by atoms with Crippen LogP contribution in [-0.4, -0.2) is 22.0 Å². The molecule has 3 aromatic rings. The quantitative estimate of drug-likeness (QED) is 0.694. The maximum Gasteiger partial charge on any atom is 0.169 e. The summed E-state index contributed by atoms with van der Waals surface area (Å²) in [4.78, 5) is 6.69. The lowest BCUT2D eigenvalue weighted by atomic mass is 10.2. The summed E-state index contributed by atoms with van der Waals surface area (Å²) >= 11 is 7.16. The van der Waals surface area contributed by atoms with Crippen molar-refractivity contribution < 1.29 is 4.39 Å². The van der Waals surface area contributed by atoms with Crippen LogP contribution < -0.4 is 5.32 Å². The zero-order valence-corrected chi connectivity index (χ0v) is 15.1. The summed E-state index contributed by atoms with van der Waals surface area (Å²) in [5.41, 5.74) is 2.00. The molecule has 0 fully saturated rings. The summed E-state index contributed by atoms with van der Waals surface area (Å²) in [7, 11) is 1.96. The second-order valence-corrected chi connectivity index (χ2v) is 7.04. The fraction of sp³-hybridized carbons (Fsp3) is 0.222. The maximum atomic E-state index is 12.9. The first kappa shape index (κ1) is 16.8. The first-order valence-electron chi connectivity index (χ1n) is 7.65. The summed E-state index contributed by atoms with van der Waals surface area (Å²) < 4.78 is 14.1. The molecule has 0 aliphatic carbocycles. The molecule has 0 bridgehead atoms. The van der Waals surface area contributed by atoms with E-state index in [9.17, 15) is 4.39 Å². The number of nitrogens with one attached hydrogen (secondary N) is 1. The van der Waals surface area contributed by atoms with Crippen molar-refractivity contribution in [2.75, 3.05) is 7.05 Å². The molecule has 2 aromatic carbocycles. The van der Waals surface area contributed by atoms with E-state index in [-0.39, 0.29) is 11.9 Å². The number of hydrogen-bond donors (Lipinski definition) is 1. The van der Waals surface area contributed by atoms with Crippen LogP contribution in [0.2, 0.25) is 0 Å². The van der Waals surface area contributed by atoms with E-state index in [1.54, 1.807) is 23.5 Å². The molecule has 1 N–H and O–H groups in total. The first-order chi connectivity index (χ1) is 11.5. The predicted molar refractivity (Wildman–Crippen MR) is 102 cm³/mol. The average molecular weight is 359 g/mol. The number of thiazole rings is 1. The lowest BCUT2D eigenvalue weighted by molar-refractivity contribution is 0.394. The van der Waals surface area contributed by atoms with Crippen LogP contribution >= 0.6 is 23.6 Å². The molecule has 0 aliphatic heterocycles. The molecule has 0 unspecified atom stereocenters. The van der Waals surface area contributed by atoms with Gasteiger partial charge in [-0.15, -0.1) is 11.3 Å². The Morgan fingerprint density at radius 2 is 1.96 bits per heavy atom. The molecule has 0 spiro atoms. The van der Waals surface area contributed by atoms with E-state index in [0.717, 1.165) is 16.1 Å². The zero-order valence-electron chi connectivity index (χ0n) is 13.5. The second kappa shape index (κ2) is 7.23. The topological polar surface area (TPSA) is 28.2 Å². The van der Waals surface area contributed by atoms with Crippen molar-refractivity contribution in [1.82, 2.24) is 15.2 Å². The van der Waals surface area contributed by atoms with Crippen LogP contribution in [0.3, 0.4) is 0 Å². The number of thiocarbonyl (C=S) groups is 1. The Bertz CT molecular complexity index is 812. The molecule has 3 rings (SSSR count). The minimum atomic E-state index is -0.233. The van der Waals surface area contributed by atoms with Crippen LogP contribution in [0.1, 0.15) is 23.5 Å². The molecule has 124 valence electrons. The first-order valence-corrected chi connectivity index (χ1v) is 8.87. The van der Waals surface area contributed by atoms with E-state index < -0.39 is 0 Å². The highest BCUT2D eigenvalue weighted by Crippen LogP contribution is 2.28. The average Bonchev–Trinajstić information content (AvgIpc) is 3.03. The Morgan fingerprint density at radius 1 is 1.25 bits per heavy atom. The molecule has 0 aliphatic rings. The molecule has 24 heavy (non-hydrogen) atoms. The number of halogens is 1. The molecule has 0 amide bonds. The van der Waals surface area contributed by atoms with Gasteiger partial charge in [0.2, 0.25) is 0 Å². The Hall–Kier alpha value is -2.05. The fourth-order valence-electron chi connectivity index (χ4n) is 2.31. The van der Waals surface area contributed by atoms with Gasteiger partial charge in [-0.1, -0.05) is 24.3 Å². The van der Waals surface area contributed by atoms with Gasteiger partial charge >= 0.3 is 0 Å². The monoisotopic (exact) mass is 359 g/mol. The van der Waals surface area contributed by atoms with Gasteiger partial charge in [-0.25, -0.2) is 9.37 Å². The number of aromatic nitrogens is 1. The standard InChI is InChI=1S/C18H18FN3S2/c1-12(17-21-15-5-3-4-6-16(15)24-17)22(2)18(23)20-11-13-7-9-14(19)10-8-13/h3-10,12H,11H2,1-2H3,(H,20,23)/t12-/m0/s1. The molecule has 0 saturated heterocycles. The highest BCUT2D eigenvalue weighted by Gasteiger charge is 2.18. The Kier molecular flexibility index (Phi) is 5.06. The molecule has 1 aromatic heterocycles. The molecule has 0 saturated carbocycles. The number of nitrogens with zero attached hydrogens (tertiary/aromatic N) is 2. The normalized spacial score (nSPS) is 12.1. The van der Waals surface area contributed by atoms with Gasteiger partial charge in [0, 0.05) is 13.6 Å². The van der Waals surface area contributed by atoms with Crippen molar-refractivity contribution >= 4 is 38.9 Å². The lowest BCUT2D eigenvalue weighted by Gasteiger charge is -2.26.